The fourth-order valence-electron chi connectivity index (χ4n) is 1.68. The Labute approximate surface area is 98.7 Å². The standard InChI is InChI=1S/C10H16N2OS2/c1-6-7(2)15-8(5-14-6)10-11-9(13)4-12(10)3/h4,6-8,13H,5H2,1-3H3. The van der Waals surface area contributed by atoms with Gasteiger partial charge in [-0.15, -0.1) is 11.8 Å². The number of aryl methyl sites for hydroxylation is 1. The molecule has 0 aliphatic carbocycles. The summed E-state index contributed by atoms with van der Waals surface area (Å²) in [6, 6.07) is 0. The second-order valence-corrected chi connectivity index (χ2v) is 6.93. The molecule has 1 saturated heterocycles. The number of aromatic nitrogens is 2. The molecule has 2 heterocycles. The molecule has 84 valence electrons. The van der Waals surface area contributed by atoms with E-state index in [2.05, 4.69) is 18.8 Å². The Morgan fingerprint density at radius 2 is 2.20 bits per heavy atom. The second kappa shape index (κ2) is 4.29. The maximum atomic E-state index is 9.33. The lowest BCUT2D eigenvalue weighted by Crippen LogP contribution is -2.23. The molecule has 1 aliphatic rings. The van der Waals surface area contributed by atoms with Crippen LogP contribution < -0.4 is 0 Å². The molecule has 2 rings (SSSR count). The van der Waals surface area contributed by atoms with Crippen LogP contribution in [-0.4, -0.2) is 30.9 Å². The SMILES string of the molecule is CC1SCC(c2nc(O)cn2C)SC1C. The van der Waals surface area contributed by atoms with E-state index < -0.39 is 0 Å². The fraction of sp³-hybridized carbons (Fsp3) is 0.700. The zero-order valence-electron chi connectivity index (χ0n) is 9.17. The lowest BCUT2D eigenvalue weighted by Gasteiger charge is -2.30. The first-order valence-corrected chi connectivity index (χ1v) is 7.06. The van der Waals surface area contributed by atoms with E-state index >= 15 is 0 Å². The first-order chi connectivity index (χ1) is 7.08. The van der Waals surface area contributed by atoms with Gasteiger partial charge in [0.15, 0.2) is 0 Å². The number of hydrogen-bond donors (Lipinski definition) is 1. The molecule has 3 nitrogen and oxygen atoms in total. The number of imidazole rings is 1. The lowest BCUT2D eigenvalue weighted by atomic mass is 10.3. The van der Waals surface area contributed by atoms with Gasteiger partial charge in [0.2, 0.25) is 5.88 Å². The molecule has 1 N–H and O–H groups in total. The summed E-state index contributed by atoms with van der Waals surface area (Å²) < 4.78 is 1.93. The highest BCUT2D eigenvalue weighted by Gasteiger charge is 2.29. The molecule has 0 saturated carbocycles. The normalized spacial score (nSPS) is 31.8. The van der Waals surface area contributed by atoms with Gasteiger partial charge in [-0.3, -0.25) is 0 Å². The molecule has 15 heavy (non-hydrogen) atoms. The summed E-state index contributed by atoms with van der Waals surface area (Å²) in [6.45, 7) is 4.53. The van der Waals surface area contributed by atoms with E-state index in [0.29, 0.717) is 15.7 Å². The summed E-state index contributed by atoms with van der Waals surface area (Å²) in [4.78, 5) is 4.18. The second-order valence-electron chi connectivity index (χ2n) is 3.94. The van der Waals surface area contributed by atoms with Gasteiger partial charge in [-0.25, -0.2) is 0 Å². The Kier molecular flexibility index (Phi) is 3.21. The Hall–Kier alpha value is -0.290. The van der Waals surface area contributed by atoms with Crippen molar-refractivity contribution in [3.8, 4) is 5.88 Å². The highest BCUT2D eigenvalue weighted by atomic mass is 32.2. The van der Waals surface area contributed by atoms with Crippen LogP contribution in [0.5, 0.6) is 5.88 Å². The monoisotopic (exact) mass is 244 g/mol. The molecular formula is C10H16N2OS2. The minimum atomic E-state index is 0.129. The van der Waals surface area contributed by atoms with Gasteiger partial charge >= 0.3 is 0 Å². The van der Waals surface area contributed by atoms with Crippen LogP contribution in [0.3, 0.4) is 0 Å². The first kappa shape index (κ1) is 11.2. The average molecular weight is 244 g/mol. The van der Waals surface area contributed by atoms with Gasteiger partial charge < -0.3 is 9.67 Å². The molecule has 5 heteroatoms. The highest BCUT2D eigenvalue weighted by Crippen LogP contribution is 2.43. The minimum Gasteiger partial charge on any atom is -0.492 e. The maximum absolute atomic E-state index is 9.33. The van der Waals surface area contributed by atoms with E-state index in [9.17, 15) is 5.11 Å². The van der Waals surface area contributed by atoms with Crippen LogP contribution in [0, 0.1) is 0 Å². The maximum Gasteiger partial charge on any atom is 0.229 e. The summed E-state index contributed by atoms with van der Waals surface area (Å²) in [5.74, 6) is 2.20. The van der Waals surface area contributed by atoms with Crippen molar-refractivity contribution in [2.45, 2.75) is 29.6 Å². The average Bonchev–Trinajstić information content (AvgIpc) is 2.50. The Morgan fingerprint density at radius 1 is 1.47 bits per heavy atom. The van der Waals surface area contributed by atoms with Crippen LogP contribution in [0.15, 0.2) is 6.20 Å². The van der Waals surface area contributed by atoms with Crippen molar-refractivity contribution < 1.29 is 5.11 Å². The van der Waals surface area contributed by atoms with Crippen LogP contribution in [0.4, 0.5) is 0 Å². The zero-order valence-corrected chi connectivity index (χ0v) is 10.8. The van der Waals surface area contributed by atoms with Crippen molar-refractivity contribution in [1.82, 2.24) is 9.55 Å². The highest BCUT2D eigenvalue weighted by molar-refractivity contribution is 8.07. The molecule has 1 fully saturated rings. The predicted octanol–water partition coefficient (Wildman–Crippen LogP) is 2.42. The van der Waals surface area contributed by atoms with Crippen LogP contribution in [0.2, 0.25) is 0 Å². The van der Waals surface area contributed by atoms with Crippen molar-refractivity contribution in [1.29, 1.82) is 0 Å². The van der Waals surface area contributed by atoms with Gasteiger partial charge in [0.25, 0.3) is 0 Å². The van der Waals surface area contributed by atoms with Crippen LogP contribution in [-0.2, 0) is 7.05 Å². The van der Waals surface area contributed by atoms with Gasteiger partial charge in [-0.2, -0.15) is 16.7 Å². The number of hydrogen-bond acceptors (Lipinski definition) is 4. The van der Waals surface area contributed by atoms with E-state index in [-0.39, 0.29) is 5.88 Å². The van der Waals surface area contributed by atoms with Gasteiger partial charge in [0, 0.05) is 23.3 Å². The molecule has 1 aromatic heterocycles. The largest absolute Gasteiger partial charge is 0.492 e. The Morgan fingerprint density at radius 3 is 2.73 bits per heavy atom. The summed E-state index contributed by atoms with van der Waals surface area (Å²) in [5.41, 5.74) is 0. The zero-order chi connectivity index (χ0) is 11.0. The van der Waals surface area contributed by atoms with Crippen LogP contribution in [0.25, 0.3) is 0 Å². The molecule has 3 unspecified atom stereocenters. The van der Waals surface area contributed by atoms with Crippen molar-refractivity contribution in [2.75, 3.05) is 5.75 Å². The molecule has 0 radical (unpaired) electrons. The van der Waals surface area contributed by atoms with E-state index in [4.69, 9.17) is 0 Å². The van der Waals surface area contributed by atoms with E-state index in [1.807, 2.05) is 35.1 Å². The minimum absolute atomic E-state index is 0.129. The van der Waals surface area contributed by atoms with E-state index in [1.54, 1.807) is 6.20 Å². The van der Waals surface area contributed by atoms with Crippen molar-refractivity contribution in [2.24, 2.45) is 7.05 Å². The third kappa shape index (κ3) is 2.28. The van der Waals surface area contributed by atoms with Crippen LogP contribution >= 0.6 is 23.5 Å². The van der Waals surface area contributed by atoms with Crippen molar-refractivity contribution in [3.05, 3.63) is 12.0 Å². The smallest absolute Gasteiger partial charge is 0.229 e. The number of thioether (sulfide) groups is 2. The topological polar surface area (TPSA) is 38.1 Å². The first-order valence-electron chi connectivity index (χ1n) is 5.07. The molecule has 1 aromatic rings. The summed E-state index contributed by atoms with van der Waals surface area (Å²) >= 11 is 3.95. The Balaban J connectivity index is 2.15. The summed E-state index contributed by atoms with van der Waals surface area (Å²) in [6.07, 6.45) is 1.67. The third-order valence-corrected chi connectivity index (χ3v) is 6.12. The van der Waals surface area contributed by atoms with Crippen molar-refractivity contribution >= 4 is 23.5 Å². The molecule has 0 spiro atoms. The molecule has 0 bridgehead atoms. The number of rotatable bonds is 1. The van der Waals surface area contributed by atoms with Crippen LogP contribution in [0.1, 0.15) is 24.9 Å². The van der Waals surface area contributed by atoms with E-state index in [1.165, 1.54) is 0 Å². The van der Waals surface area contributed by atoms with Gasteiger partial charge in [-0.05, 0) is 0 Å². The fourth-order valence-corrected chi connectivity index (χ4v) is 4.64. The molecule has 3 atom stereocenters. The van der Waals surface area contributed by atoms with Crippen molar-refractivity contribution in [3.63, 3.8) is 0 Å². The van der Waals surface area contributed by atoms with Gasteiger partial charge in [-0.1, -0.05) is 13.8 Å². The summed E-state index contributed by atoms with van der Waals surface area (Å²) in [7, 11) is 1.94. The Bertz CT molecular complexity index is 353. The summed E-state index contributed by atoms with van der Waals surface area (Å²) in [5, 5.41) is 11.1. The predicted molar refractivity (Wildman–Crippen MR) is 66.6 cm³/mol. The van der Waals surface area contributed by atoms with Gasteiger partial charge in [0.05, 0.1) is 11.4 Å². The molecule has 0 aromatic carbocycles. The van der Waals surface area contributed by atoms with E-state index in [0.717, 1.165) is 11.6 Å². The number of aromatic hydroxyl groups is 1. The third-order valence-electron chi connectivity index (χ3n) is 2.74. The number of nitrogens with zero attached hydrogens (tertiary/aromatic N) is 2. The molecule has 0 amide bonds. The molecule has 1 aliphatic heterocycles. The lowest BCUT2D eigenvalue weighted by molar-refractivity contribution is 0.455. The quantitative estimate of drug-likeness (QED) is 0.823. The molecular weight excluding hydrogens is 228 g/mol. The van der Waals surface area contributed by atoms with Gasteiger partial charge in [0.1, 0.15) is 5.82 Å².